The third-order valence-corrected chi connectivity index (χ3v) is 6.13. The van der Waals surface area contributed by atoms with Crippen LogP contribution in [0.3, 0.4) is 0 Å². The molecule has 0 radical (unpaired) electrons. The molecular formula is C22H33N3O2. The van der Waals surface area contributed by atoms with Crippen molar-refractivity contribution < 1.29 is 9.59 Å². The summed E-state index contributed by atoms with van der Waals surface area (Å²) in [5.41, 5.74) is 1.93. The standard InChI is InChI=1S/C22H33N3O2/c1-18-7-9-19(10-8-18)21(27)23-14-11-20(26)24-17-22(12-3-4-13-22)25-15-5-2-6-16-25/h7-10H,2-6,11-17H2,1H3,(H,23,27)(H,24,26). The minimum atomic E-state index is -0.122. The minimum absolute atomic E-state index is 0.0301. The van der Waals surface area contributed by atoms with Gasteiger partial charge in [-0.1, -0.05) is 37.0 Å². The van der Waals surface area contributed by atoms with E-state index in [-0.39, 0.29) is 17.4 Å². The zero-order chi connectivity index (χ0) is 19.1. The molecule has 0 bridgehead atoms. The minimum Gasteiger partial charge on any atom is -0.354 e. The number of carbonyl (C=O) groups is 2. The number of aryl methyl sites for hydroxylation is 1. The molecule has 3 rings (SSSR count). The van der Waals surface area contributed by atoms with Gasteiger partial charge in [-0.15, -0.1) is 0 Å². The van der Waals surface area contributed by atoms with Gasteiger partial charge in [-0.05, 0) is 57.8 Å². The number of nitrogens with zero attached hydrogens (tertiary/aromatic N) is 1. The SMILES string of the molecule is Cc1ccc(C(=O)NCCC(=O)NCC2(N3CCCCC3)CCCC2)cc1. The summed E-state index contributed by atoms with van der Waals surface area (Å²) in [4.78, 5) is 27.0. The van der Waals surface area contributed by atoms with E-state index >= 15 is 0 Å². The van der Waals surface area contributed by atoms with Crippen LogP contribution in [0.4, 0.5) is 0 Å². The third kappa shape index (κ3) is 5.32. The third-order valence-electron chi connectivity index (χ3n) is 6.13. The van der Waals surface area contributed by atoms with Gasteiger partial charge in [-0.3, -0.25) is 14.5 Å². The molecule has 1 heterocycles. The van der Waals surface area contributed by atoms with Crippen LogP contribution in [-0.4, -0.2) is 48.4 Å². The smallest absolute Gasteiger partial charge is 0.251 e. The lowest BCUT2D eigenvalue weighted by Gasteiger charge is -2.43. The van der Waals surface area contributed by atoms with Crippen LogP contribution >= 0.6 is 0 Å². The number of nitrogens with one attached hydrogen (secondary N) is 2. The Hall–Kier alpha value is -1.88. The molecule has 2 N–H and O–H groups in total. The molecule has 2 aliphatic rings. The van der Waals surface area contributed by atoms with Crippen molar-refractivity contribution in [3.05, 3.63) is 35.4 Å². The molecule has 1 saturated heterocycles. The molecule has 0 spiro atoms. The fourth-order valence-electron chi connectivity index (χ4n) is 4.45. The van der Waals surface area contributed by atoms with Crippen LogP contribution in [0, 0.1) is 6.92 Å². The molecule has 0 atom stereocenters. The molecule has 1 saturated carbocycles. The first-order valence-electron chi connectivity index (χ1n) is 10.5. The maximum Gasteiger partial charge on any atom is 0.251 e. The molecule has 2 fully saturated rings. The van der Waals surface area contributed by atoms with Crippen LogP contribution < -0.4 is 10.6 Å². The number of amides is 2. The van der Waals surface area contributed by atoms with Crippen molar-refractivity contribution in [1.29, 1.82) is 0 Å². The summed E-state index contributed by atoms with van der Waals surface area (Å²) in [6.45, 7) is 5.45. The topological polar surface area (TPSA) is 61.4 Å². The molecule has 5 heteroatoms. The van der Waals surface area contributed by atoms with Crippen LogP contribution in [0.2, 0.25) is 0 Å². The zero-order valence-electron chi connectivity index (χ0n) is 16.6. The predicted octanol–water partition coefficient (Wildman–Crippen LogP) is 3.03. The van der Waals surface area contributed by atoms with E-state index in [2.05, 4.69) is 15.5 Å². The number of carbonyl (C=O) groups excluding carboxylic acids is 2. The molecule has 1 aliphatic heterocycles. The fourth-order valence-corrected chi connectivity index (χ4v) is 4.45. The highest BCUT2D eigenvalue weighted by atomic mass is 16.2. The Morgan fingerprint density at radius 2 is 1.63 bits per heavy atom. The number of hydrogen-bond acceptors (Lipinski definition) is 3. The van der Waals surface area contributed by atoms with E-state index in [1.54, 1.807) is 0 Å². The Balaban J connectivity index is 1.42. The number of rotatable bonds is 7. The molecule has 148 valence electrons. The van der Waals surface area contributed by atoms with Crippen molar-refractivity contribution in [3.63, 3.8) is 0 Å². The highest BCUT2D eigenvalue weighted by Gasteiger charge is 2.39. The maximum atomic E-state index is 12.3. The monoisotopic (exact) mass is 371 g/mol. The van der Waals surface area contributed by atoms with E-state index < -0.39 is 0 Å². The highest BCUT2D eigenvalue weighted by Crippen LogP contribution is 2.36. The Kier molecular flexibility index (Phi) is 6.89. The molecule has 2 amide bonds. The van der Waals surface area contributed by atoms with Crippen molar-refractivity contribution in [2.45, 2.75) is 63.8 Å². The first kappa shape index (κ1) is 19.9. The summed E-state index contributed by atoms with van der Waals surface area (Å²) in [6.07, 6.45) is 9.13. The number of hydrogen-bond donors (Lipinski definition) is 2. The van der Waals surface area contributed by atoms with E-state index in [0.29, 0.717) is 18.5 Å². The molecule has 1 aromatic rings. The van der Waals surface area contributed by atoms with Gasteiger partial charge in [0, 0.05) is 30.6 Å². The predicted molar refractivity (Wildman–Crippen MR) is 108 cm³/mol. The summed E-state index contributed by atoms with van der Waals surface area (Å²) >= 11 is 0. The molecule has 0 aromatic heterocycles. The van der Waals surface area contributed by atoms with Gasteiger partial charge in [-0.25, -0.2) is 0 Å². The van der Waals surface area contributed by atoms with Gasteiger partial charge in [0.2, 0.25) is 5.91 Å². The van der Waals surface area contributed by atoms with Crippen LogP contribution in [0.15, 0.2) is 24.3 Å². The van der Waals surface area contributed by atoms with Gasteiger partial charge >= 0.3 is 0 Å². The van der Waals surface area contributed by atoms with E-state index in [1.807, 2.05) is 31.2 Å². The maximum absolute atomic E-state index is 12.3. The van der Waals surface area contributed by atoms with Crippen molar-refractivity contribution in [1.82, 2.24) is 15.5 Å². The van der Waals surface area contributed by atoms with E-state index in [0.717, 1.165) is 12.1 Å². The van der Waals surface area contributed by atoms with Crippen molar-refractivity contribution >= 4 is 11.8 Å². The summed E-state index contributed by atoms with van der Waals surface area (Å²) in [5, 5.41) is 5.99. The van der Waals surface area contributed by atoms with Gasteiger partial charge in [0.05, 0.1) is 0 Å². The van der Waals surface area contributed by atoms with E-state index in [1.165, 1.54) is 58.0 Å². The van der Waals surface area contributed by atoms with Crippen LogP contribution in [-0.2, 0) is 4.79 Å². The molecule has 0 unspecified atom stereocenters. The summed E-state index contributed by atoms with van der Waals surface area (Å²) in [7, 11) is 0. The van der Waals surface area contributed by atoms with Gasteiger partial charge in [0.1, 0.15) is 0 Å². The number of benzene rings is 1. The van der Waals surface area contributed by atoms with E-state index in [4.69, 9.17) is 0 Å². The summed E-state index contributed by atoms with van der Waals surface area (Å²) in [5.74, 6) is -0.0918. The Labute approximate surface area is 162 Å². The second kappa shape index (κ2) is 9.36. The zero-order valence-corrected chi connectivity index (χ0v) is 16.6. The average molecular weight is 372 g/mol. The lowest BCUT2D eigenvalue weighted by Crippen LogP contribution is -2.55. The second-order valence-corrected chi connectivity index (χ2v) is 8.13. The van der Waals surface area contributed by atoms with Gasteiger partial charge < -0.3 is 10.6 Å². The molecule has 1 aliphatic carbocycles. The second-order valence-electron chi connectivity index (χ2n) is 8.13. The number of piperidine rings is 1. The Morgan fingerprint density at radius 3 is 2.30 bits per heavy atom. The van der Waals surface area contributed by atoms with Gasteiger partial charge in [-0.2, -0.15) is 0 Å². The van der Waals surface area contributed by atoms with Crippen molar-refractivity contribution in [2.75, 3.05) is 26.2 Å². The van der Waals surface area contributed by atoms with Gasteiger partial charge in [0.25, 0.3) is 5.91 Å². The van der Waals surface area contributed by atoms with Crippen LogP contribution in [0.5, 0.6) is 0 Å². The van der Waals surface area contributed by atoms with Gasteiger partial charge in [0.15, 0.2) is 0 Å². The molecule has 1 aromatic carbocycles. The van der Waals surface area contributed by atoms with Crippen molar-refractivity contribution in [2.24, 2.45) is 0 Å². The first-order valence-corrected chi connectivity index (χ1v) is 10.5. The molecular weight excluding hydrogens is 338 g/mol. The lowest BCUT2D eigenvalue weighted by atomic mass is 9.92. The average Bonchev–Trinajstić information content (AvgIpc) is 3.18. The van der Waals surface area contributed by atoms with Crippen LogP contribution in [0.1, 0.15) is 67.3 Å². The lowest BCUT2D eigenvalue weighted by molar-refractivity contribution is -0.121. The molecule has 27 heavy (non-hydrogen) atoms. The Bertz CT molecular complexity index is 629. The largest absolute Gasteiger partial charge is 0.354 e. The highest BCUT2D eigenvalue weighted by molar-refractivity contribution is 5.94. The molecule has 5 nitrogen and oxygen atoms in total. The summed E-state index contributed by atoms with van der Waals surface area (Å²) < 4.78 is 0. The first-order chi connectivity index (χ1) is 13.1. The van der Waals surface area contributed by atoms with Crippen molar-refractivity contribution in [3.8, 4) is 0 Å². The normalized spacial score (nSPS) is 19.6. The summed E-state index contributed by atoms with van der Waals surface area (Å²) in [6, 6.07) is 7.47. The Morgan fingerprint density at radius 1 is 0.963 bits per heavy atom. The van der Waals surface area contributed by atoms with E-state index in [9.17, 15) is 9.59 Å². The van der Waals surface area contributed by atoms with Crippen LogP contribution in [0.25, 0.3) is 0 Å². The number of likely N-dealkylation sites (tertiary alicyclic amines) is 1. The fraction of sp³-hybridized carbons (Fsp3) is 0.636. The quantitative estimate of drug-likeness (QED) is 0.774.